The molecule has 0 aromatic heterocycles. The van der Waals surface area contributed by atoms with Crippen molar-refractivity contribution < 1.29 is 23.1 Å². The second-order valence-electron chi connectivity index (χ2n) is 7.58. The monoisotopic (exact) mass is 388 g/mol. The number of hydrogen-bond acceptors (Lipinski definition) is 3. The lowest BCUT2D eigenvalue weighted by atomic mass is 9.97. The van der Waals surface area contributed by atoms with Crippen LogP contribution in [0.15, 0.2) is 12.2 Å². The summed E-state index contributed by atoms with van der Waals surface area (Å²) in [4.78, 5) is 22.0. The van der Waals surface area contributed by atoms with E-state index >= 15 is 0 Å². The zero-order valence-electron chi connectivity index (χ0n) is 17.6. The molecule has 3 nitrogen and oxygen atoms in total. The van der Waals surface area contributed by atoms with Gasteiger partial charge in [0, 0.05) is 12.8 Å². The zero-order valence-corrected chi connectivity index (χ0v) is 17.6. The van der Waals surface area contributed by atoms with Crippen LogP contribution in [0.1, 0.15) is 91.4 Å². The fourth-order valence-electron chi connectivity index (χ4n) is 2.98. The minimum Gasteiger partial charge on any atom is -0.469 e. The van der Waals surface area contributed by atoms with Crippen LogP contribution in [0.25, 0.3) is 0 Å². The van der Waals surface area contributed by atoms with E-state index < -0.39 is 11.7 Å². The maximum Gasteiger partial charge on any atom is 0.309 e. The first-order valence-electron chi connectivity index (χ1n) is 10.4. The molecule has 0 amide bonds. The molecule has 158 valence electrons. The predicted octanol–water partition coefficient (Wildman–Crippen LogP) is 6.50. The summed E-state index contributed by atoms with van der Waals surface area (Å²) in [5.41, 5.74) is 0. The third kappa shape index (κ3) is 12.7. The summed E-state index contributed by atoms with van der Waals surface area (Å²) in [6.07, 6.45) is 12.6. The van der Waals surface area contributed by atoms with Crippen LogP contribution in [0.3, 0.4) is 0 Å². The number of esters is 1. The number of unbranched alkanes of at least 4 members (excludes halogenated alkanes) is 3. The Kier molecular flexibility index (Phi) is 14.1. The van der Waals surface area contributed by atoms with Gasteiger partial charge in [-0.1, -0.05) is 65.4 Å². The molecule has 1 atom stereocenters. The Bertz CT molecular complexity index is 441. The molecule has 1 saturated carbocycles. The molecule has 0 aromatic rings. The second kappa shape index (κ2) is 14.8. The first-order chi connectivity index (χ1) is 12.8. The molecule has 1 rings (SSSR count). The van der Waals surface area contributed by atoms with E-state index in [0.717, 1.165) is 44.6 Å². The average molecular weight is 389 g/mol. The van der Waals surface area contributed by atoms with Gasteiger partial charge in [0.2, 0.25) is 5.78 Å². The van der Waals surface area contributed by atoms with Gasteiger partial charge in [0.15, 0.2) is 0 Å². The van der Waals surface area contributed by atoms with E-state index in [4.69, 9.17) is 0 Å². The quantitative estimate of drug-likeness (QED) is 0.230. The number of hydrogen-bond donors (Lipinski definition) is 0. The molecular weight excluding hydrogens is 350 g/mol. The standard InChI is InChI=1S/C14H22F2O.C8H16O2/c1-3-11(2)10-14(15,16)13(17)9-8-12-6-4-5-7-12;1-3-4-5-6-7-8(9)10-2/h8-9,11-12H,3-7,10H2,1-2H3;3-7H2,1-2H3/b9-8+;/t11-;/m0./s1. The van der Waals surface area contributed by atoms with Crippen molar-refractivity contribution in [2.24, 2.45) is 11.8 Å². The molecule has 0 N–H and O–H groups in total. The molecule has 0 bridgehead atoms. The van der Waals surface area contributed by atoms with Gasteiger partial charge in [-0.2, -0.15) is 8.78 Å². The number of allylic oxidation sites excluding steroid dienone is 2. The third-order valence-corrected chi connectivity index (χ3v) is 5.04. The maximum absolute atomic E-state index is 13.5. The van der Waals surface area contributed by atoms with Crippen molar-refractivity contribution in [2.75, 3.05) is 7.11 Å². The van der Waals surface area contributed by atoms with Gasteiger partial charge in [-0.3, -0.25) is 9.59 Å². The molecule has 0 radical (unpaired) electrons. The van der Waals surface area contributed by atoms with Crippen LogP contribution in [0.4, 0.5) is 8.78 Å². The minimum atomic E-state index is -3.19. The van der Waals surface area contributed by atoms with Gasteiger partial charge in [0.05, 0.1) is 7.11 Å². The molecule has 1 aliphatic rings. The van der Waals surface area contributed by atoms with Gasteiger partial charge in [-0.15, -0.1) is 0 Å². The Labute approximate surface area is 163 Å². The number of ketones is 1. The van der Waals surface area contributed by atoms with E-state index in [1.54, 1.807) is 13.0 Å². The molecule has 0 aliphatic heterocycles. The first kappa shape index (κ1) is 25.7. The normalized spacial score (nSPS) is 16.1. The minimum absolute atomic E-state index is 0.0869. The van der Waals surface area contributed by atoms with Gasteiger partial charge in [-0.25, -0.2) is 0 Å². The van der Waals surface area contributed by atoms with Crippen molar-refractivity contribution in [1.82, 2.24) is 0 Å². The van der Waals surface area contributed by atoms with E-state index in [1.807, 2.05) is 6.92 Å². The lowest BCUT2D eigenvalue weighted by molar-refractivity contribution is -0.141. The maximum atomic E-state index is 13.5. The van der Waals surface area contributed by atoms with Gasteiger partial charge in [0.1, 0.15) is 0 Å². The fraction of sp³-hybridized carbons (Fsp3) is 0.818. The van der Waals surface area contributed by atoms with Crippen LogP contribution in [0, 0.1) is 11.8 Å². The molecule has 27 heavy (non-hydrogen) atoms. The SMILES string of the molecule is CCCCCCC(=O)OC.CC[C@H](C)CC(F)(F)C(=O)/C=C/C1CCCC1. The van der Waals surface area contributed by atoms with E-state index in [-0.39, 0.29) is 18.3 Å². The highest BCUT2D eigenvalue weighted by Gasteiger charge is 2.37. The Morgan fingerprint density at radius 2 is 1.78 bits per heavy atom. The van der Waals surface area contributed by atoms with E-state index in [9.17, 15) is 18.4 Å². The summed E-state index contributed by atoms with van der Waals surface area (Å²) < 4.78 is 31.5. The van der Waals surface area contributed by atoms with Crippen LogP contribution in [-0.4, -0.2) is 24.8 Å². The van der Waals surface area contributed by atoms with Crippen molar-refractivity contribution in [3.63, 3.8) is 0 Å². The number of alkyl halides is 2. The van der Waals surface area contributed by atoms with Crippen molar-refractivity contribution in [3.8, 4) is 0 Å². The first-order valence-corrected chi connectivity index (χ1v) is 10.4. The average Bonchev–Trinajstić information content (AvgIpc) is 3.16. The van der Waals surface area contributed by atoms with Crippen LogP contribution in [0.2, 0.25) is 0 Å². The fourth-order valence-corrected chi connectivity index (χ4v) is 2.98. The Hall–Kier alpha value is -1.26. The summed E-state index contributed by atoms with van der Waals surface area (Å²) in [7, 11) is 1.43. The van der Waals surface area contributed by atoms with Gasteiger partial charge < -0.3 is 4.74 Å². The van der Waals surface area contributed by atoms with Gasteiger partial charge in [-0.05, 0) is 37.2 Å². The predicted molar refractivity (Wildman–Crippen MR) is 106 cm³/mol. The van der Waals surface area contributed by atoms with E-state index in [2.05, 4.69) is 11.7 Å². The van der Waals surface area contributed by atoms with Crippen LogP contribution in [-0.2, 0) is 14.3 Å². The Balaban J connectivity index is 0.000000580. The number of carbonyl (C=O) groups excluding carboxylic acids is 2. The number of methoxy groups -OCH3 is 1. The highest BCUT2D eigenvalue weighted by molar-refractivity contribution is 5.95. The highest BCUT2D eigenvalue weighted by Crippen LogP contribution is 2.29. The van der Waals surface area contributed by atoms with Crippen molar-refractivity contribution in [2.45, 2.75) is 97.3 Å². The smallest absolute Gasteiger partial charge is 0.309 e. The summed E-state index contributed by atoms with van der Waals surface area (Å²) in [6, 6.07) is 0. The van der Waals surface area contributed by atoms with Crippen molar-refractivity contribution in [3.05, 3.63) is 12.2 Å². The lowest BCUT2D eigenvalue weighted by Gasteiger charge is -2.17. The van der Waals surface area contributed by atoms with Crippen molar-refractivity contribution in [1.29, 1.82) is 0 Å². The second-order valence-corrected chi connectivity index (χ2v) is 7.58. The molecule has 0 spiro atoms. The lowest BCUT2D eigenvalue weighted by Crippen LogP contribution is -2.29. The van der Waals surface area contributed by atoms with Gasteiger partial charge in [0.25, 0.3) is 0 Å². The number of rotatable bonds is 11. The summed E-state index contributed by atoms with van der Waals surface area (Å²) >= 11 is 0. The molecule has 0 saturated heterocycles. The van der Waals surface area contributed by atoms with Crippen molar-refractivity contribution >= 4 is 11.8 Å². The van der Waals surface area contributed by atoms with Crippen LogP contribution >= 0.6 is 0 Å². The topological polar surface area (TPSA) is 43.4 Å². The molecule has 0 unspecified atom stereocenters. The molecule has 0 heterocycles. The Morgan fingerprint density at radius 3 is 2.30 bits per heavy atom. The number of ether oxygens (including phenoxy) is 1. The molecular formula is C22H38F2O3. The zero-order chi connectivity index (χ0) is 20.7. The molecule has 0 aromatic carbocycles. The van der Waals surface area contributed by atoms with Crippen LogP contribution in [0.5, 0.6) is 0 Å². The molecule has 1 aliphatic carbocycles. The van der Waals surface area contributed by atoms with E-state index in [1.165, 1.54) is 20.0 Å². The summed E-state index contributed by atoms with van der Waals surface area (Å²) in [5.74, 6) is -4.09. The summed E-state index contributed by atoms with van der Waals surface area (Å²) in [5, 5.41) is 0. The highest BCUT2D eigenvalue weighted by atomic mass is 19.3. The largest absolute Gasteiger partial charge is 0.469 e. The third-order valence-electron chi connectivity index (χ3n) is 5.04. The Morgan fingerprint density at radius 1 is 1.15 bits per heavy atom. The number of carbonyl (C=O) groups is 2. The number of halogens is 2. The van der Waals surface area contributed by atoms with Gasteiger partial charge >= 0.3 is 11.9 Å². The summed E-state index contributed by atoms with van der Waals surface area (Å²) in [6.45, 7) is 5.76. The van der Waals surface area contributed by atoms with E-state index in [0.29, 0.717) is 18.8 Å². The molecule has 1 fully saturated rings. The molecule has 5 heteroatoms. The van der Waals surface area contributed by atoms with Crippen LogP contribution < -0.4 is 0 Å².